The molecule has 5 nitrogen and oxygen atoms in total. The van der Waals surface area contributed by atoms with Crippen LogP contribution in [0.3, 0.4) is 0 Å². The molecule has 2 atom stereocenters. The fourth-order valence-electron chi connectivity index (χ4n) is 4.96. The Balaban J connectivity index is 1.36. The van der Waals surface area contributed by atoms with E-state index in [-0.39, 0.29) is 0 Å². The summed E-state index contributed by atoms with van der Waals surface area (Å²) in [5.41, 5.74) is 4.77. The van der Waals surface area contributed by atoms with E-state index in [2.05, 4.69) is 47.1 Å². The lowest BCUT2D eigenvalue weighted by Crippen LogP contribution is -2.46. The Bertz CT molecular complexity index is 1070. The van der Waals surface area contributed by atoms with Gasteiger partial charge in [0.25, 0.3) is 0 Å². The molecule has 3 heterocycles. The molecule has 3 aromatic rings. The quantitative estimate of drug-likeness (QED) is 0.582. The highest BCUT2D eigenvalue weighted by molar-refractivity contribution is 5.85. The van der Waals surface area contributed by atoms with Crippen LogP contribution >= 0.6 is 0 Å². The van der Waals surface area contributed by atoms with Crippen LogP contribution in [0.15, 0.2) is 53.8 Å². The Labute approximate surface area is 178 Å². The summed E-state index contributed by atoms with van der Waals surface area (Å²) >= 11 is 0. The number of anilines is 1. The molecule has 2 fully saturated rings. The Hall–Kier alpha value is -2.82. The maximum absolute atomic E-state index is 4.86. The van der Waals surface area contributed by atoms with Crippen molar-refractivity contribution >= 4 is 22.4 Å². The van der Waals surface area contributed by atoms with E-state index < -0.39 is 0 Å². The number of hydrogen-bond donors (Lipinski definition) is 0. The predicted molar refractivity (Wildman–Crippen MR) is 122 cm³/mol. The Morgan fingerprint density at radius 1 is 0.967 bits per heavy atom. The van der Waals surface area contributed by atoms with Gasteiger partial charge in [0.1, 0.15) is 5.82 Å². The van der Waals surface area contributed by atoms with Crippen LogP contribution in [-0.2, 0) is 0 Å². The van der Waals surface area contributed by atoms with Crippen LogP contribution in [0, 0.1) is 5.92 Å². The van der Waals surface area contributed by atoms with E-state index in [9.17, 15) is 0 Å². The van der Waals surface area contributed by atoms with Gasteiger partial charge in [-0.15, -0.1) is 0 Å². The van der Waals surface area contributed by atoms with Crippen molar-refractivity contribution < 1.29 is 0 Å². The zero-order valence-electron chi connectivity index (χ0n) is 17.8. The molecule has 2 aromatic heterocycles. The highest BCUT2D eigenvalue weighted by Crippen LogP contribution is 2.38. The first-order valence-electron chi connectivity index (χ1n) is 11.1. The van der Waals surface area contributed by atoms with E-state index in [1.54, 1.807) is 0 Å². The summed E-state index contributed by atoms with van der Waals surface area (Å²) in [6.07, 6.45) is 8.25. The van der Waals surface area contributed by atoms with Gasteiger partial charge < -0.3 is 4.90 Å². The molecule has 5 rings (SSSR count). The van der Waals surface area contributed by atoms with E-state index >= 15 is 0 Å². The van der Waals surface area contributed by atoms with Crippen molar-refractivity contribution in [2.75, 3.05) is 25.0 Å². The second kappa shape index (κ2) is 8.13. The number of aromatic nitrogens is 3. The van der Waals surface area contributed by atoms with Crippen LogP contribution in [0.5, 0.6) is 0 Å². The average molecular weight is 400 g/mol. The van der Waals surface area contributed by atoms with E-state index in [0.717, 1.165) is 37.3 Å². The summed E-state index contributed by atoms with van der Waals surface area (Å²) in [5.74, 6) is 2.60. The maximum Gasteiger partial charge on any atom is 0.129 e. The molecule has 1 aliphatic heterocycles. The highest BCUT2D eigenvalue weighted by Gasteiger charge is 2.35. The van der Waals surface area contributed by atoms with Gasteiger partial charge in [0.2, 0.25) is 0 Å². The minimum Gasteiger partial charge on any atom is -0.355 e. The molecular formula is C25H29N5. The first-order valence-corrected chi connectivity index (χ1v) is 11.1. The fourth-order valence-corrected chi connectivity index (χ4v) is 4.96. The number of hydrogen-bond acceptors (Lipinski definition) is 5. The van der Waals surface area contributed by atoms with Crippen molar-refractivity contribution in [1.82, 2.24) is 15.0 Å². The number of rotatable bonds is 3. The Morgan fingerprint density at radius 3 is 2.53 bits per heavy atom. The third kappa shape index (κ3) is 3.69. The number of nitrogens with zero attached hydrogens (tertiary/aromatic N) is 5. The molecule has 0 N–H and O–H groups in total. The molecule has 5 heteroatoms. The van der Waals surface area contributed by atoms with E-state index in [1.807, 2.05) is 25.5 Å². The largest absolute Gasteiger partial charge is 0.355 e. The number of aliphatic imine (C=N–C) groups is 1. The van der Waals surface area contributed by atoms with Crippen molar-refractivity contribution in [3.8, 4) is 0 Å². The number of fused-ring (bicyclic) bond motifs is 1. The zero-order valence-corrected chi connectivity index (χ0v) is 17.8. The lowest BCUT2D eigenvalue weighted by Gasteiger charge is -2.40. The molecule has 1 aromatic carbocycles. The van der Waals surface area contributed by atoms with Gasteiger partial charge in [-0.25, -0.2) is 4.98 Å². The van der Waals surface area contributed by atoms with Gasteiger partial charge in [0.05, 0.1) is 16.9 Å². The molecule has 154 valence electrons. The standard InChI is InChI=1S/C25H29N5/c1-17-7-9-21(26-2)14-19(13-17)24-25(28-12-11-27-24)20-15-30(16-20)23-10-8-18-5-3-4-6-22(18)29-23/h3-6,8,10-12,17,19-20H,7,9,13-16H2,1-2H3/b26-21+/t17-,19?/m1/s1. The van der Waals surface area contributed by atoms with Crippen LogP contribution < -0.4 is 4.90 Å². The molecule has 1 saturated heterocycles. The molecule has 2 aliphatic rings. The molecule has 1 saturated carbocycles. The van der Waals surface area contributed by atoms with Gasteiger partial charge in [-0.1, -0.05) is 25.1 Å². The normalized spacial score (nSPS) is 24.1. The summed E-state index contributed by atoms with van der Waals surface area (Å²) < 4.78 is 0. The molecule has 0 bridgehead atoms. The predicted octanol–water partition coefficient (Wildman–Crippen LogP) is 4.99. The summed E-state index contributed by atoms with van der Waals surface area (Å²) in [5, 5.41) is 1.19. The second-order valence-electron chi connectivity index (χ2n) is 8.86. The van der Waals surface area contributed by atoms with Gasteiger partial charge in [0.15, 0.2) is 0 Å². The highest BCUT2D eigenvalue weighted by atomic mass is 15.2. The minimum atomic E-state index is 0.419. The minimum absolute atomic E-state index is 0.419. The molecule has 0 radical (unpaired) electrons. The van der Waals surface area contributed by atoms with Crippen LogP contribution in [0.4, 0.5) is 5.82 Å². The van der Waals surface area contributed by atoms with Crippen LogP contribution in [0.25, 0.3) is 10.9 Å². The van der Waals surface area contributed by atoms with E-state index in [1.165, 1.54) is 35.3 Å². The lowest BCUT2D eigenvalue weighted by atomic mass is 9.85. The van der Waals surface area contributed by atoms with Gasteiger partial charge in [-0.3, -0.25) is 15.0 Å². The zero-order chi connectivity index (χ0) is 20.5. The summed E-state index contributed by atoms with van der Waals surface area (Å²) in [4.78, 5) is 21.4. The topological polar surface area (TPSA) is 54.3 Å². The summed E-state index contributed by atoms with van der Waals surface area (Å²) in [6.45, 7) is 4.26. The number of para-hydroxylation sites is 1. The van der Waals surface area contributed by atoms with Crippen LogP contribution in [-0.4, -0.2) is 40.8 Å². The van der Waals surface area contributed by atoms with Gasteiger partial charge in [0, 0.05) is 55.5 Å². The smallest absolute Gasteiger partial charge is 0.129 e. The first kappa shape index (κ1) is 19.2. The molecule has 1 aliphatic carbocycles. The van der Waals surface area contributed by atoms with Crippen LogP contribution in [0.1, 0.15) is 55.8 Å². The molecule has 1 unspecified atom stereocenters. The van der Waals surface area contributed by atoms with Crippen LogP contribution in [0.2, 0.25) is 0 Å². The van der Waals surface area contributed by atoms with Crippen molar-refractivity contribution in [3.63, 3.8) is 0 Å². The Morgan fingerprint density at radius 2 is 1.73 bits per heavy atom. The maximum atomic E-state index is 4.86. The van der Waals surface area contributed by atoms with Crippen molar-refractivity contribution in [3.05, 3.63) is 60.2 Å². The molecule has 0 spiro atoms. The molecule has 30 heavy (non-hydrogen) atoms. The van der Waals surface area contributed by atoms with E-state index in [0.29, 0.717) is 17.8 Å². The van der Waals surface area contributed by atoms with Gasteiger partial charge in [-0.2, -0.15) is 0 Å². The van der Waals surface area contributed by atoms with Crippen molar-refractivity contribution in [2.24, 2.45) is 10.9 Å². The van der Waals surface area contributed by atoms with Crippen molar-refractivity contribution in [2.45, 2.75) is 44.4 Å². The molecule has 0 amide bonds. The van der Waals surface area contributed by atoms with Gasteiger partial charge >= 0.3 is 0 Å². The average Bonchev–Trinajstić information content (AvgIpc) is 2.94. The SMILES string of the molecule is C/N=C1\CC[C@@H](C)CC(c2nccnc2C2CN(c3ccc4ccccc4n3)C2)C1. The van der Waals surface area contributed by atoms with Gasteiger partial charge in [-0.05, 0) is 49.8 Å². The van der Waals surface area contributed by atoms with E-state index in [4.69, 9.17) is 15.0 Å². The third-order valence-corrected chi connectivity index (χ3v) is 6.73. The van der Waals surface area contributed by atoms with Crippen molar-refractivity contribution in [1.29, 1.82) is 0 Å². The summed E-state index contributed by atoms with van der Waals surface area (Å²) in [6, 6.07) is 12.6. The Kier molecular flexibility index (Phi) is 5.19. The number of pyridine rings is 1. The summed E-state index contributed by atoms with van der Waals surface area (Å²) in [7, 11) is 1.93. The monoisotopic (exact) mass is 399 g/mol. The second-order valence-corrected chi connectivity index (χ2v) is 8.86. The number of benzene rings is 1. The third-order valence-electron chi connectivity index (χ3n) is 6.73. The molecular weight excluding hydrogens is 370 g/mol. The fraction of sp³-hybridized carbons (Fsp3) is 0.440. The first-order chi connectivity index (χ1) is 14.7. The lowest BCUT2D eigenvalue weighted by molar-refractivity contribution is 0.450.